The van der Waals surface area contributed by atoms with Crippen LogP contribution in [0.2, 0.25) is 5.02 Å². The number of nitrogens with one attached hydrogen (secondary N) is 2. The molecule has 0 spiro atoms. The summed E-state index contributed by atoms with van der Waals surface area (Å²) in [5.74, 6) is -3.07. The topological polar surface area (TPSA) is 78.5 Å². The largest absolute Gasteiger partial charge is 0.440 e. The Morgan fingerprint density at radius 3 is 2.46 bits per heavy atom. The van der Waals surface area contributed by atoms with Crippen LogP contribution in [-0.4, -0.2) is 34.6 Å². The summed E-state index contributed by atoms with van der Waals surface area (Å²) in [7, 11) is 0. The number of carbonyl (C=O) groups is 3. The molecule has 10 heteroatoms. The van der Waals surface area contributed by atoms with Gasteiger partial charge in [0.1, 0.15) is 0 Å². The fourth-order valence-corrected chi connectivity index (χ4v) is 3.71. The molecule has 1 aliphatic heterocycles. The molecule has 152 valence electrons. The SMILES string of the molecule is O=C(N[C@@]1(C(F)(F)F)NC(=O)N(Cc2ccccc2Cl)C1=O)C1CCCCC1. The standard InChI is InChI=1S/C18H19ClF3N3O3/c19-13-9-5-4-8-12(13)10-25-15(27)17(18(20,21)22,24-16(25)28)23-14(26)11-6-2-1-3-7-11/h4-5,8-9,11H,1-3,6-7,10H2,(H,23,26)(H,24,28)/t17-/m1/s1. The monoisotopic (exact) mass is 417 g/mol. The quantitative estimate of drug-likeness (QED) is 0.737. The van der Waals surface area contributed by atoms with E-state index in [2.05, 4.69) is 0 Å². The maximum absolute atomic E-state index is 13.9. The van der Waals surface area contributed by atoms with Crippen LogP contribution in [0.3, 0.4) is 0 Å². The van der Waals surface area contributed by atoms with E-state index in [-0.39, 0.29) is 5.02 Å². The van der Waals surface area contributed by atoms with Crippen molar-refractivity contribution in [2.75, 3.05) is 0 Å². The summed E-state index contributed by atoms with van der Waals surface area (Å²) in [5.41, 5.74) is -3.16. The van der Waals surface area contributed by atoms with Crippen LogP contribution in [0, 0.1) is 5.92 Å². The molecule has 1 saturated heterocycles. The molecule has 3 rings (SSSR count). The number of benzene rings is 1. The number of amides is 4. The van der Waals surface area contributed by atoms with Crippen molar-refractivity contribution in [2.45, 2.75) is 50.5 Å². The van der Waals surface area contributed by atoms with Gasteiger partial charge in [-0.2, -0.15) is 13.2 Å². The van der Waals surface area contributed by atoms with Gasteiger partial charge in [-0.05, 0) is 24.5 Å². The van der Waals surface area contributed by atoms with Crippen molar-refractivity contribution in [3.63, 3.8) is 0 Å². The lowest BCUT2D eigenvalue weighted by molar-refractivity contribution is -0.205. The molecule has 0 radical (unpaired) electrons. The zero-order chi connectivity index (χ0) is 20.5. The predicted octanol–water partition coefficient (Wildman–Crippen LogP) is 3.35. The average Bonchev–Trinajstić information content (AvgIpc) is 2.89. The van der Waals surface area contributed by atoms with Gasteiger partial charge < -0.3 is 5.32 Å². The molecule has 28 heavy (non-hydrogen) atoms. The first-order valence-corrected chi connectivity index (χ1v) is 9.30. The van der Waals surface area contributed by atoms with Crippen LogP contribution >= 0.6 is 11.6 Å². The van der Waals surface area contributed by atoms with E-state index in [1.165, 1.54) is 12.1 Å². The second-order valence-corrected chi connectivity index (χ2v) is 7.39. The van der Waals surface area contributed by atoms with E-state index in [1.807, 2.05) is 0 Å². The third-order valence-corrected chi connectivity index (χ3v) is 5.47. The van der Waals surface area contributed by atoms with Crippen molar-refractivity contribution < 1.29 is 27.6 Å². The molecule has 2 N–H and O–H groups in total. The Labute approximate surface area is 164 Å². The van der Waals surface area contributed by atoms with E-state index in [4.69, 9.17) is 11.6 Å². The van der Waals surface area contributed by atoms with Crippen LogP contribution in [0.15, 0.2) is 24.3 Å². The Kier molecular flexibility index (Phi) is 5.56. The number of carbonyl (C=O) groups excluding carboxylic acids is 3. The zero-order valence-corrected chi connectivity index (χ0v) is 15.6. The zero-order valence-electron chi connectivity index (χ0n) is 14.8. The summed E-state index contributed by atoms with van der Waals surface area (Å²) >= 11 is 5.98. The van der Waals surface area contributed by atoms with Gasteiger partial charge in [0.2, 0.25) is 5.91 Å². The van der Waals surface area contributed by atoms with Crippen molar-refractivity contribution in [3.8, 4) is 0 Å². The Morgan fingerprint density at radius 1 is 1.21 bits per heavy atom. The van der Waals surface area contributed by atoms with Crippen LogP contribution in [0.5, 0.6) is 0 Å². The van der Waals surface area contributed by atoms with E-state index < -0.39 is 42.1 Å². The second kappa shape index (κ2) is 7.62. The smallest absolute Gasteiger partial charge is 0.318 e. The van der Waals surface area contributed by atoms with Crippen LogP contribution in [0.25, 0.3) is 0 Å². The molecule has 2 aliphatic rings. The Hall–Kier alpha value is -2.29. The van der Waals surface area contributed by atoms with Gasteiger partial charge in [-0.1, -0.05) is 49.1 Å². The van der Waals surface area contributed by atoms with Crippen molar-refractivity contribution >= 4 is 29.4 Å². The molecule has 1 heterocycles. The van der Waals surface area contributed by atoms with Crippen LogP contribution in [-0.2, 0) is 16.1 Å². The summed E-state index contributed by atoms with van der Waals surface area (Å²) in [5, 5.41) is 3.65. The van der Waals surface area contributed by atoms with E-state index in [0.717, 1.165) is 19.3 Å². The molecule has 0 bridgehead atoms. The Bertz CT molecular complexity index is 796. The highest BCUT2D eigenvalue weighted by atomic mass is 35.5. The third-order valence-electron chi connectivity index (χ3n) is 5.10. The van der Waals surface area contributed by atoms with Crippen molar-refractivity contribution in [3.05, 3.63) is 34.9 Å². The van der Waals surface area contributed by atoms with Gasteiger partial charge in [0.15, 0.2) is 0 Å². The fourth-order valence-electron chi connectivity index (χ4n) is 3.52. The summed E-state index contributed by atoms with van der Waals surface area (Å²) in [6.45, 7) is -0.443. The molecule has 6 nitrogen and oxygen atoms in total. The minimum absolute atomic E-state index is 0.207. The number of hydrogen-bond acceptors (Lipinski definition) is 3. The van der Waals surface area contributed by atoms with Gasteiger partial charge in [-0.3, -0.25) is 19.8 Å². The van der Waals surface area contributed by atoms with Gasteiger partial charge in [0, 0.05) is 10.9 Å². The second-order valence-electron chi connectivity index (χ2n) is 6.98. The van der Waals surface area contributed by atoms with E-state index in [1.54, 1.807) is 22.8 Å². The van der Waals surface area contributed by atoms with Crippen LogP contribution in [0.4, 0.5) is 18.0 Å². The summed E-state index contributed by atoms with van der Waals surface area (Å²) < 4.78 is 41.6. The highest BCUT2D eigenvalue weighted by molar-refractivity contribution is 6.31. The first-order chi connectivity index (χ1) is 13.2. The lowest BCUT2D eigenvalue weighted by atomic mass is 9.88. The molecule has 1 saturated carbocycles. The first-order valence-electron chi connectivity index (χ1n) is 8.92. The molecule has 1 atom stereocenters. The lowest BCUT2D eigenvalue weighted by Gasteiger charge is -2.32. The van der Waals surface area contributed by atoms with E-state index in [0.29, 0.717) is 23.3 Å². The normalized spacial score (nSPS) is 23.6. The Morgan fingerprint density at radius 2 is 1.86 bits per heavy atom. The molecule has 1 aromatic carbocycles. The van der Waals surface area contributed by atoms with Crippen LogP contribution in [0.1, 0.15) is 37.7 Å². The number of imide groups is 1. The highest BCUT2D eigenvalue weighted by Crippen LogP contribution is 2.36. The molecular weight excluding hydrogens is 399 g/mol. The minimum Gasteiger partial charge on any atom is -0.318 e. The molecule has 0 aromatic heterocycles. The number of rotatable bonds is 4. The summed E-state index contributed by atoms with van der Waals surface area (Å²) in [6.07, 6.45) is -1.93. The molecular formula is C18H19ClF3N3O3. The van der Waals surface area contributed by atoms with Gasteiger partial charge in [-0.25, -0.2) is 4.79 Å². The molecule has 4 amide bonds. The maximum Gasteiger partial charge on any atom is 0.440 e. The summed E-state index contributed by atoms with van der Waals surface area (Å²) in [4.78, 5) is 37.7. The first kappa shape index (κ1) is 20.4. The van der Waals surface area contributed by atoms with E-state index in [9.17, 15) is 27.6 Å². The fraction of sp³-hybridized carbons (Fsp3) is 0.500. The number of nitrogens with zero attached hydrogens (tertiary/aromatic N) is 1. The number of alkyl halides is 3. The van der Waals surface area contributed by atoms with E-state index >= 15 is 0 Å². The van der Waals surface area contributed by atoms with Gasteiger partial charge in [0.25, 0.3) is 11.6 Å². The molecule has 0 unspecified atom stereocenters. The predicted molar refractivity (Wildman–Crippen MR) is 94.0 cm³/mol. The van der Waals surface area contributed by atoms with Gasteiger partial charge >= 0.3 is 12.2 Å². The van der Waals surface area contributed by atoms with Crippen molar-refractivity contribution in [1.82, 2.24) is 15.5 Å². The highest BCUT2D eigenvalue weighted by Gasteiger charge is 2.69. The van der Waals surface area contributed by atoms with Crippen molar-refractivity contribution in [2.24, 2.45) is 5.92 Å². The van der Waals surface area contributed by atoms with Crippen molar-refractivity contribution in [1.29, 1.82) is 0 Å². The average molecular weight is 418 g/mol. The number of hydrogen-bond donors (Lipinski definition) is 2. The van der Waals surface area contributed by atoms with Gasteiger partial charge in [0.05, 0.1) is 6.54 Å². The maximum atomic E-state index is 13.9. The summed E-state index contributed by atoms with van der Waals surface area (Å²) in [6, 6.07) is 4.95. The van der Waals surface area contributed by atoms with Crippen LogP contribution < -0.4 is 10.6 Å². The minimum atomic E-state index is -5.21. The molecule has 1 aromatic rings. The lowest BCUT2D eigenvalue weighted by Crippen LogP contribution is -2.70. The van der Waals surface area contributed by atoms with Gasteiger partial charge in [-0.15, -0.1) is 0 Å². The molecule has 1 aliphatic carbocycles. The number of urea groups is 1. The Balaban J connectivity index is 1.87. The third kappa shape index (κ3) is 3.67. The number of halogens is 4. The molecule has 2 fully saturated rings.